The van der Waals surface area contributed by atoms with Crippen molar-refractivity contribution in [2.45, 2.75) is 321 Å². The van der Waals surface area contributed by atoms with Crippen molar-refractivity contribution in [2.75, 3.05) is 13.2 Å². The number of unbranched alkanes of at least 4 members (excludes halogenated alkanes) is 39. The molecule has 0 radical (unpaired) electrons. The van der Waals surface area contributed by atoms with E-state index < -0.39 is 12.1 Å². The average Bonchev–Trinajstić information content (AvgIpc) is 3.27. The van der Waals surface area contributed by atoms with E-state index in [0.717, 1.165) is 57.8 Å². The zero-order chi connectivity index (χ0) is 45.1. The van der Waals surface area contributed by atoms with E-state index in [0.29, 0.717) is 25.9 Å². The second kappa shape index (κ2) is 52.2. The van der Waals surface area contributed by atoms with Crippen molar-refractivity contribution in [1.29, 1.82) is 0 Å². The molecular weight excluding hydrogens is 767 g/mol. The van der Waals surface area contributed by atoms with Gasteiger partial charge in [0, 0.05) is 12.8 Å². The molecule has 6 heteroatoms. The molecule has 0 heterocycles. The molecule has 0 spiro atoms. The van der Waals surface area contributed by atoms with Crippen molar-refractivity contribution in [3.63, 3.8) is 0 Å². The van der Waals surface area contributed by atoms with Gasteiger partial charge in [0.1, 0.15) is 0 Å². The first-order chi connectivity index (χ1) is 30.5. The molecule has 0 aromatic carbocycles. The number of hydrogen-bond acceptors (Lipinski definition) is 5. The van der Waals surface area contributed by atoms with E-state index in [2.05, 4.69) is 31.3 Å². The van der Waals surface area contributed by atoms with Gasteiger partial charge < -0.3 is 20.3 Å². The number of amides is 1. The van der Waals surface area contributed by atoms with E-state index in [1.807, 2.05) is 0 Å². The molecule has 0 saturated heterocycles. The minimum atomic E-state index is -0.677. The molecule has 0 aliphatic heterocycles. The fraction of sp³-hybridized carbons (Fsp3) is 0.929. The van der Waals surface area contributed by atoms with Crippen molar-refractivity contribution < 1.29 is 24.5 Å². The SMILES string of the molecule is CCCCC/C=C\CCCCCCCC(=O)OCCCCCCCCCCCCCC(=O)NC(CO)C(O)CCCCCCCCCCCCCCCCCCCCCCCC. The fourth-order valence-electron chi connectivity index (χ4n) is 8.75. The summed E-state index contributed by atoms with van der Waals surface area (Å²) in [4.78, 5) is 24.5. The van der Waals surface area contributed by atoms with Crippen LogP contribution in [-0.2, 0) is 14.3 Å². The molecule has 0 aromatic heterocycles. The van der Waals surface area contributed by atoms with Crippen LogP contribution >= 0.6 is 0 Å². The lowest BCUT2D eigenvalue weighted by Gasteiger charge is -2.22. The summed E-state index contributed by atoms with van der Waals surface area (Å²) in [6, 6.07) is -0.556. The van der Waals surface area contributed by atoms with Crippen LogP contribution in [0.4, 0.5) is 0 Å². The molecule has 6 nitrogen and oxygen atoms in total. The number of carbonyl (C=O) groups is 2. The van der Waals surface area contributed by atoms with Gasteiger partial charge in [0.25, 0.3) is 0 Å². The van der Waals surface area contributed by atoms with Gasteiger partial charge >= 0.3 is 5.97 Å². The van der Waals surface area contributed by atoms with Crippen LogP contribution in [0.1, 0.15) is 309 Å². The average molecular weight is 876 g/mol. The Hall–Kier alpha value is -1.40. The number of rotatable bonds is 52. The van der Waals surface area contributed by atoms with Crippen LogP contribution in [0.15, 0.2) is 12.2 Å². The number of esters is 1. The molecule has 368 valence electrons. The first-order valence-corrected chi connectivity index (χ1v) is 27.9. The van der Waals surface area contributed by atoms with Gasteiger partial charge in [0.2, 0.25) is 5.91 Å². The van der Waals surface area contributed by atoms with Gasteiger partial charge in [0.05, 0.1) is 25.4 Å². The van der Waals surface area contributed by atoms with Crippen LogP contribution in [0.5, 0.6) is 0 Å². The van der Waals surface area contributed by atoms with Crippen molar-refractivity contribution >= 4 is 11.9 Å². The zero-order valence-corrected chi connectivity index (χ0v) is 41.9. The van der Waals surface area contributed by atoms with Gasteiger partial charge in [0.15, 0.2) is 0 Å². The van der Waals surface area contributed by atoms with Gasteiger partial charge in [-0.1, -0.05) is 257 Å². The Labute approximate surface area is 387 Å². The van der Waals surface area contributed by atoms with E-state index >= 15 is 0 Å². The first-order valence-electron chi connectivity index (χ1n) is 27.9. The van der Waals surface area contributed by atoms with Crippen LogP contribution in [-0.4, -0.2) is 47.4 Å². The summed E-state index contributed by atoms with van der Waals surface area (Å²) < 4.78 is 5.44. The second-order valence-corrected chi connectivity index (χ2v) is 19.3. The van der Waals surface area contributed by atoms with E-state index in [1.165, 1.54) is 218 Å². The van der Waals surface area contributed by atoms with Gasteiger partial charge in [-0.15, -0.1) is 0 Å². The maximum atomic E-state index is 12.5. The first kappa shape index (κ1) is 60.6. The number of nitrogens with one attached hydrogen (secondary N) is 1. The highest BCUT2D eigenvalue weighted by Gasteiger charge is 2.20. The van der Waals surface area contributed by atoms with Crippen molar-refractivity contribution in [2.24, 2.45) is 0 Å². The molecule has 0 fully saturated rings. The van der Waals surface area contributed by atoms with Crippen LogP contribution in [0.2, 0.25) is 0 Å². The Balaban J connectivity index is 3.46. The molecule has 1 amide bonds. The lowest BCUT2D eigenvalue weighted by molar-refractivity contribution is -0.143. The van der Waals surface area contributed by atoms with E-state index in [4.69, 9.17) is 4.74 Å². The Kier molecular flexibility index (Phi) is 51.0. The smallest absolute Gasteiger partial charge is 0.305 e. The summed E-state index contributed by atoms with van der Waals surface area (Å²) in [5.74, 6) is -0.0739. The standard InChI is InChI=1S/C56H109NO5/c1-3-5-7-9-11-13-15-17-18-19-20-21-22-23-24-25-26-28-32-36-40-44-48-54(59)53(52-58)57-55(60)49-45-41-37-33-29-27-31-35-39-43-47-51-62-56(61)50-46-42-38-34-30-16-14-12-10-8-6-4-2/h12,14,53-54,58-59H,3-11,13,15-52H2,1-2H3,(H,57,60)/b14-12-. The fourth-order valence-corrected chi connectivity index (χ4v) is 8.75. The largest absolute Gasteiger partial charge is 0.466 e. The summed E-state index contributed by atoms with van der Waals surface area (Å²) in [5.41, 5.74) is 0. The van der Waals surface area contributed by atoms with Crippen LogP contribution in [0, 0.1) is 0 Å². The lowest BCUT2D eigenvalue weighted by atomic mass is 10.0. The van der Waals surface area contributed by atoms with Crippen LogP contribution in [0.3, 0.4) is 0 Å². The normalized spacial score (nSPS) is 12.6. The van der Waals surface area contributed by atoms with Crippen LogP contribution in [0.25, 0.3) is 0 Å². The maximum Gasteiger partial charge on any atom is 0.305 e. The van der Waals surface area contributed by atoms with Gasteiger partial charge in [-0.25, -0.2) is 0 Å². The highest BCUT2D eigenvalue weighted by molar-refractivity contribution is 5.76. The lowest BCUT2D eigenvalue weighted by Crippen LogP contribution is -2.45. The Morgan fingerprint density at radius 2 is 0.758 bits per heavy atom. The molecule has 2 atom stereocenters. The summed E-state index contributed by atoms with van der Waals surface area (Å²) in [6.07, 6.45) is 60.5. The van der Waals surface area contributed by atoms with Gasteiger partial charge in [-0.05, 0) is 51.4 Å². The summed E-state index contributed by atoms with van der Waals surface area (Å²) in [6.45, 7) is 4.90. The number of allylic oxidation sites excluding steroid dienone is 2. The molecule has 62 heavy (non-hydrogen) atoms. The topological polar surface area (TPSA) is 95.9 Å². The Bertz CT molecular complexity index is 924. The highest BCUT2D eigenvalue weighted by Crippen LogP contribution is 2.17. The number of hydrogen-bond donors (Lipinski definition) is 3. The van der Waals surface area contributed by atoms with Gasteiger partial charge in [-0.3, -0.25) is 9.59 Å². The molecule has 0 bridgehead atoms. The van der Waals surface area contributed by atoms with Crippen molar-refractivity contribution in [3.8, 4) is 0 Å². The number of ether oxygens (including phenoxy) is 1. The third-order valence-electron chi connectivity index (χ3n) is 13.1. The monoisotopic (exact) mass is 876 g/mol. The highest BCUT2D eigenvalue weighted by atomic mass is 16.5. The predicted octanol–water partition coefficient (Wildman–Crippen LogP) is 16.9. The van der Waals surface area contributed by atoms with Crippen molar-refractivity contribution in [1.82, 2.24) is 5.32 Å². The van der Waals surface area contributed by atoms with Crippen molar-refractivity contribution in [3.05, 3.63) is 12.2 Å². The molecule has 0 aliphatic rings. The molecule has 2 unspecified atom stereocenters. The Morgan fingerprint density at radius 3 is 1.18 bits per heavy atom. The van der Waals surface area contributed by atoms with E-state index in [-0.39, 0.29) is 18.5 Å². The Morgan fingerprint density at radius 1 is 0.435 bits per heavy atom. The number of carbonyl (C=O) groups excluding carboxylic acids is 2. The molecule has 0 saturated carbocycles. The minimum Gasteiger partial charge on any atom is -0.466 e. The third kappa shape index (κ3) is 48.1. The molecular formula is C56H109NO5. The summed E-state index contributed by atoms with van der Waals surface area (Å²) in [7, 11) is 0. The third-order valence-corrected chi connectivity index (χ3v) is 13.1. The van der Waals surface area contributed by atoms with Crippen LogP contribution < -0.4 is 5.32 Å². The summed E-state index contributed by atoms with van der Waals surface area (Å²) in [5, 5.41) is 23.3. The quantitative estimate of drug-likeness (QED) is 0.0321. The zero-order valence-electron chi connectivity index (χ0n) is 41.9. The molecule has 0 rings (SSSR count). The van der Waals surface area contributed by atoms with Gasteiger partial charge in [-0.2, -0.15) is 0 Å². The second-order valence-electron chi connectivity index (χ2n) is 19.3. The number of aliphatic hydroxyl groups is 2. The predicted molar refractivity (Wildman–Crippen MR) is 269 cm³/mol. The minimum absolute atomic E-state index is 0.0227. The van der Waals surface area contributed by atoms with E-state index in [9.17, 15) is 19.8 Å². The molecule has 0 aliphatic carbocycles. The molecule has 0 aromatic rings. The maximum absolute atomic E-state index is 12.5. The summed E-state index contributed by atoms with van der Waals surface area (Å²) >= 11 is 0. The number of aliphatic hydroxyl groups excluding tert-OH is 2. The van der Waals surface area contributed by atoms with E-state index in [1.54, 1.807) is 0 Å². The molecule has 3 N–H and O–H groups in total.